The van der Waals surface area contributed by atoms with E-state index in [1.54, 1.807) is 6.07 Å². The lowest BCUT2D eigenvalue weighted by atomic mass is 10.1. The van der Waals surface area contributed by atoms with Crippen LogP contribution in [0.5, 0.6) is 0 Å². The van der Waals surface area contributed by atoms with E-state index in [4.69, 9.17) is 11.7 Å². The average Bonchev–Trinajstić information content (AvgIpc) is 2.38. The Kier molecular flexibility index (Phi) is 4.16. The van der Waals surface area contributed by atoms with Gasteiger partial charge in [-0.15, -0.1) is 6.42 Å². The molecule has 0 saturated heterocycles. The number of terminal acetylenes is 1. The maximum atomic E-state index is 11.6. The Morgan fingerprint density at radius 2 is 2.24 bits per heavy atom. The number of halogens is 1. The molecule has 0 aliphatic heterocycles. The van der Waals surface area contributed by atoms with Crippen molar-refractivity contribution < 1.29 is 9.90 Å². The van der Waals surface area contributed by atoms with E-state index in [1.807, 2.05) is 5.92 Å². The quantitative estimate of drug-likeness (QED) is 0.606. The molecule has 1 aromatic heterocycles. The normalized spacial score (nSPS) is 12.9. The first-order chi connectivity index (χ1) is 8.05. The van der Waals surface area contributed by atoms with Crippen LogP contribution in [-0.4, -0.2) is 31.9 Å². The van der Waals surface area contributed by atoms with Crippen LogP contribution in [-0.2, 0) is 4.79 Å². The van der Waals surface area contributed by atoms with Crippen LogP contribution in [0.15, 0.2) is 12.4 Å². The number of aliphatic hydroxyl groups is 1. The Morgan fingerprint density at radius 1 is 1.65 bits per heavy atom. The first kappa shape index (κ1) is 13.1. The van der Waals surface area contributed by atoms with Crippen LogP contribution in [0.3, 0.4) is 0 Å². The molecule has 0 bridgehead atoms. The van der Waals surface area contributed by atoms with Crippen molar-refractivity contribution in [2.45, 2.75) is 5.60 Å². The first-order valence-corrected chi connectivity index (χ1v) is 5.47. The maximum Gasteiger partial charge on any atom is 0.270 e. The zero-order chi connectivity index (χ0) is 12.9. The highest BCUT2D eigenvalue weighted by molar-refractivity contribution is 9.09. The summed E-state index contributed by atoms with van der Waals surface area (Å²) in [4.78, 5) is 18.9. The van der Waals surface area contributed by atoms with Gasteiger partial charge >= 0.3 is 0 Å². The van der Waals surface area contributed by atoms with Crippen LogP contribution in [0.2, 0.25) is 0 Å². The van der Waals surface area contributed by atoms with Crippen LogP contribution in [0.25, 0.3) is 0 Å². The van der Waals surface area contributed by atoms with E-state index in [9.17, 15) is 9.90 Å². The van der Waals surface area contributed by atoms with E-state index < -0.39 is 11.5 Å². The molecule has 0 spiro atoms. The summed E-state index contributed by atoms with van der Waals surface area (Å²) in [5, 5.41) is 20.4. The van der Waals surface area contributed by atoms with Crippen molar-refractivity contribution in [3.05, 3.63) is 18.2 Å². The molecular weight excluding hydrogens is 288 g/mol. The molecule has 0 fully saturated rings. The number of hydrogen-bond donors (Lipinski definition) is 2. The number of nitrogens with zero attached hydrogens (tertiary/aromatic N) is 3. The average molecular weight is 295 g/mol. The fourth-order valence-corrected chi connectivity index (χ4v) is 1.27. The molecule has 1 amide bonds. The van der Waals surface area contributed by atoms with Gasteiger partial charge in [0.25, 0.3) is 5.91 Å². The Labute approximate surface area is 106 Å². The van der Waals surface area contributed by atoms with Crippen LogP contribution < -0.4 is 5.32 Å². The predicted molar refractivity (Wildman–Crippen MR) is 63.0 cm³/mol. The highest BCUT2D eigenvalue weighted by Crippen LogP contribution is 2.11. The monoisotopic (exact) mass is 294 g/mol. The second kappa shape index (κ2) is 5.39. The van der Waals surface area contributed by atoms with E-state index in [0.29, 0.717) is 0 Å². The Balaban J connectivity index is 2.82. The van der Waals surface area contributed by atoms with E-state index in [0.717, 1.165) is 0 Å². The molecule has 1 aromatic rings. The summed E-state index contributed by atoms with van der Waals surface area (Å²) in [5.41, 5.74) is -1.70. The number of aromatic nitrogens is 2. The number of carbonyl (C=O) groups excluding carboxylic acids is 1. The van der Waals surface area contributed by atoms with Gasteiger partial charge in [0.1, 0.15) is 6.07 Å². The Hall–Kier alpha value is -1.96. The molecule has 0 saturated carbocycles. The third-order valence-corrected chi connectivity index (χ3v) is 2.63. The molecule has 6 nitrogen and oxygen atoms in total. The number of hydrogen-bond acceptors (Lipinski definition) is 5. The summed E-state index contributed by atoms with van der Waals surface area (Å²) in [6, 6.07) is 1.74. The molecule has 17 heavy (non-hydrogen) atoms. The minimum absolute atomic E-state index is 0.0179. The van der Waals surface area contributed by atoms with E-state index in [-0.39, 0.29) is 16.8 Å². The first-order valence-electron chi connectivity index (χ1n) is 4.35. The topological polar surface area (TPSA) is 98.9 Å². The molecule has 0 unspecified atom stereocenters. The highest BCUT2D eigenvalue weighted by Gasteiger charge is 2.32. The standard InChI is InChI=1S/C10H7BrN4O2/c1-2-10(17,6-11)9(16)15-7-4-13-8(3-12)14-5-7/h1,4-5,17H,6H2,(H,15,16)/t10-/m0/s1. The molecule has 2 N–H and O–H groups in total. The van der Waals surface area contributed by atoms with Crippen LogP contribution in [0.4, 0.5) is 5.69 Å². The molecule has 1 heterocycles. The second-order valence-corrected chi connectivity index (χ2v) is 3.56. The SMILES string of the molecule is C#C[C@](O)(CBr)C(=O)Nc1cnc(C#N)nc1. The van der Waals surface area contributed by atoms with Crippen molar-refractivity contribution in [3.63, 3.8) is 0 Å². The summed E-state index contributed by atoms with van der Waals surface area (Å²) < 4.78 is 0. The fourth-order valence-electron chi connectivity index (χ4n) is 0.850. The van der Waals surface area contributed by atoms with Crippen molar-refractivity contribution in [3.8, 4) is 18.4 Å². The molecule has 1 rings (SSSR count). The molecular formula is C10H7BrN4O2. The van der Waals surface area contributed by atoms with E-state index >= 15 is 0 Å². The van der Waals surface area contributed by atoms with Gasteiger partial charge in [-0.3, -0.25) is 4.79 Å². The van der Waals surface area contributed by atoms with Crippen molar-refractivity contribution in [2.75, 3.05) is 10.6 Å². The zero-order valence-corrected chi connectivity index (χ0v) is 10.1. The van der Waals surface area contributed by atoms with E-state index in [1.165, 1.54) is 12.4 Å². The van der Waals surface area contributed by atoms with Crippen LogP contribution in [0.1, 0.15) is 5.82 Å². The Morgan fingerprint density at radius 3 is 2.65 bits per heavy atom. The fraction of sp³-hybridized carbons (Fsp3) is 0.200. The highest BCUT2D eigenvalue weighted by atomic mass is 79.9. The Bertz CT molecular complexity index is 503. The van der Waals surface area contributed by atoms with Gasteiger partial charge in [0, 0.05) is 0 Å². The summed E-state index contributed by atoms with van der Waals surface area (Å²) in [7, 11) is 0. The predicted octanol–water partition coefficient (Wildman–Crippen LogP) is 0.0460. The number of nitriles is 1. The third kappa shape index (κ3) is 3.00. The molecule has 0 aliphatic carbocycles. The maximum absolute atomic E-state index is 11.6. The molecule has 0 aromatic carbocycles. The number of rotatable bonds is 3. The lowest BCUT2D eigenvalue weighted by molar-refractivity contribution is -0.127. The number of nitrogens with one attached hydrogen (secondary N) is 1. The van der Waals surface area contributed by atoms with Gasteiger partial charge in [0.05, 0.1) is 23.4 Å². The minimum atomic E-state index is -1.94. The number of alkyl halides is 1. The second-order valence-electron chi connectivity index (χ2n) is 3.00. The largest absolute Gasteiger partial charge is 0.369 e. The van der Waals surface area contributed by atoms with Gasteiger partial charge in [-0.1, -0.05) is 21.9 Å². The van der Waals surface area contributed by atoms with Gasteiger partial charge in [0.2, 0.25) is 11.4 Å². The van der Waals surface area contributed by atoms with Gasteiger partial charge in [-0.25, -0.2) is 9.97 Å². The minimum Gasteiger partial charge on any atom is -0.369 e. The molecule has 86 valence electrons. The van der Waals surface area contributed by atoms with E-state index in [2.05, 4.69) is 31.2 Å². The van der Waals surface area contributed by atoms with Crippen LogP contribution in [0, 0.1) is 23.7 Å². The third-order valence-electron chi connectivity index (χ3n) is 1.82. The lowest BCUT2D eigenvalue weighted by Gasteiger charge is -2.17. The molecule has 7 heteroatoms. The van der Waals surface area contributed by atoms with Gasteiger partial charge in [-0.05, 0) is 0 Å². The molecule has 1 atom stereocenters. The summed E-state index contributed by atoms with van der Waals surface area (Å²) in [6.45, 7) is 0. The number of anilines is 1. The van der Waals surface area contributed by atoms with Crippen molar-refractivity contribution in [1.82, 2.24) is 9.97 Å². The molecule has 0 radical (unpaired) electrons. The van der Waals surface area contributed by atoms with Crippen molar-refractivity contribution in [2.24, 2.45) is 0 Å². The number of amides is 1. The zero-order valence-electron chi connectivity index (χ0n) is 8.51. The van der Waals surface area contributed by atoms with Crippen molar-refractivity contribution >= 4 is 27.5 Å². The summed E-state index contributed by atoms with van der Waals surface area (Å²) >= 11 is 2.94. The summed E-state index contributed by atoms with van der Waals surface area (Å²) in [6.07, 6.45) is 7.54. The lowest BCUT2D eigenvalue weighted by Crippen LogP contribution is -2.43. The van der Waals surface area contributed by atoms with Crippen LogP contribution >= 0.6 is 15.9 Å². The van der Waals surface area contributed by atoms with Crippen molar-refractivity contribution in [1.29, 1.82) is 5.26 Å². The number of carbonyl (C=O) groups is 1. The van der Waals surface area contributed by atoms with Gasteiger partial charge in [0.15, 0.2) is 0 Å². The molecule has 0 aliphatic rings. The smallest absolute Gasteiger partial charge is 0.270 e. The van der Waals surface area contributed by atoms with Gasteiger partial charge in [-0.2, -0.15) is 5.26 Å². The summed E-state index contributed by atoms with van der Waals surface area (Å²) in [5.74, 6) is 1.18. The van der Waals surface area contributed by atoms with Gasteiger partial charge < -0.3 is 10.4 Å².